The number of hydrogen-bond acceptors (Lipinski definition) is 3. The zero-order chi connectivity index (χ0) is 17.6. The van der Waals surface area contributed by atoms with E-state index in [0.29, 0.717) is 13.1 Å². The van der Waals surface area contributed by atoms with Gasteiger partial charge in [0.1, 0.15) is 11.3 Å². The van der Waals surface area contributed by atoms with Crippen LogP contribution < -0.4 is 10.6 Å². The summed E-state index contributed by atoms with van der Waals surface area (Å²) in [6.07, 6.45) is 3.63. The van der Waals surface area contributed by atoms with Gasteiger partial charge in [0.25, 0.3) is 0 Å². The van der Waals surface area contributed by atoms with Crippen LogP contribution >= 0.6 is 0 Å². The Morgan fingerprint density at radius 3 is 2.96 bits per heavy atom. The Bertz CT molecular complexity index is 710. The first-order valence-corrected chi connectivity index (χ1v) is 9.34. The number of rotatable bonds is 6. The molecule has 136 valence electrons. The van der Waals surface area contributed by atoms with Crippen molar-refractivity contribution in [1.29, 1.82) is 0 Å². The average Bonchev–Trinajstić information content (AvgIpc) is 2.93. The number of carbonyl (C=O) groups excluding carboxylic acids is 1. The lowest BCUT2D eigenvalue weighted by Gasteiger charge is -2.30. The van der Waals surface area contributed by atoms with E-state index in [1.165, 1.54) is 25.9 Å². The first-order valence-electron chi connectivity index (χ1n) is 9.34. The molecule has 1 atom stereocenters. The summed E-state index contributed by atoms with van der Waals surface area (Å²) >= 11 is 0. The minimum atomic E-state index is -0.133. The minimum absolute atomic E-state index is 0.133. The van der Waals surface area contributed by atoms with E-state index in [2.05, 4.69) is 22.5 Å². The molecule has 3 rings (SSSR count). The third-order valence-corrected chi connectivity index (χ3v) is 5.03. The number of furan rings is 1. The smallest absolute Gasteiger partial charge is 0.315 e. The lowest BCUT2D eigenvalue weighted by atomic mass is 10.0. The highest BCUT2D eigenvalue weighted by molar-refractivity contribution is 5.82. The Balaban J connectivity index is 1.37. The van der Waals surface area contributed by atoms with Crippen LogP contribution in [-0.4, -0.2) is 37.1 Å². The average molecular weight is 343 g/mol. The summed E-state index contributed by atoms with van der Waals surface area (Å²) in [6.45, 7) is 8.91. The maximum Gasteiger partial charge on any atom is 0.315 e. The summed E-state index contributed by atoms with van der Waals surface area (Å²) in [7, 11) is 0. The number of benzene rings is 1. The van der Waals surface area contributed by atoms with E-state index in [1.807, 2.05) is 31.2 Å². The Hall–Kier alpha value is -2.01. The monoisotopic (exact) mass is 343 g/mol. The maximum atomic E-state index is 12.0. The van der Waals surface area contributed by atoms with Crippen LogP contribution in [0.15, 0.2) is 28.7 Å². The van der Waals surface area contributed by atoms with Gasteiger partial charge in [-0.1, -0.05) is 25.1 Å². The molecule has 0 spiro atoms. The Morgan fingerprint density at radius 1 is 1.32 bits per heavy atom. The number of piperidine rings is 1. The molecule has 2 amide bonds. The minimum Gasteiger partial charge on any atom is -0.459 e. The second-order valence-electron chi connectivity index (χ2n) is 7.16. The molecule has 1 aliphatic heterocycles. The van der Waals surface area contributed by atoms with E-state index in [4.69, 9.17) is 4.42 Å². The normalized spacial score (nSPS) is 18.4. The molecule has 1 aliphatic rings. The molecule has 1 aromatic carbocycles. The van der Waals surface area contributed by atoms with Crippen molar-refractivity contribution in [2.24, 2.45) is 5.92 Å². The highest BCUT2D eigenvalue weighted by Gasteiger charge is 2.15. The third-order valence-electron chi connectivity index (χ3n) is 5.03. The topological polar surface area (TPSA) is 57.5 Å². The molecule has 1 aromatic heterocycles. The number of likely N-dealkylation sites (tertiary alicyclic amines) is 1. The lowest BCUT2D eigenvalue weighted by molar-refractivity contribution is 0.181. The summed E-state index contributed by atoms with van der Waals surface area (Å²) in [4.78, 5) is 14.5. The van der Waals surface area contributed by atoms with Crippen LogP contribution in [0.3, 0.4) is 0 Å². The summed E-state index contributed by atoms with van der Waals surface area (Å²) in [5, 5.41) is 6.93. The second-order valence-corrected chi connectivity index (χ2v) is 7.16. The largest absolute Gasteiger partial charge is 0.459 e. The molecule has 0 aliphatic carbocycles. The number of amides is 2. The summed E-state index contributed by atoms with van der Waals surface area (Å²) in [5.74, 6) is 1.62. The Morgan fingerprint density at radius 2 is 2.16 bits per heavy atom. The molecule has 2 N–H and O–H groups in total. The molecule has 25 heavy (non-hydrogen) atoms. The number of nitrogens with zero attached hydrogens (tertiary/aromatic N) is 1. The van der Waals surface area contributed by atoms with Crippen molar-refractivity contribution >= 4 is 17.0 Å². The molecule has 2 heterocycles. The Kier molecular flexibility index (Phi) is 5.97. The van der Waals surface area contributed by atoms with Gasteiger partial charge in [-0.3, -0.25) is 0 Å². The standard InChI is InChI=1S/C20H29N3O2/c1-15-7-5-11-23(14-15)12-6-10-21-20(24)22-13-19-16(2)17-8-3-4-9-18(17)25-19/h3-4,8-9,15H,5-7,10-14H2,1-2H3,(H2,21,22,24). The van der Waals surface area contributed by atoms with Crippen molar-refractivity contribution in [3.63, 3.8) is 0 Å². The van der Waals surface area contributed by atoms with E-state index < -0.39 is 0 Å². The second kappa shape index (κ2) is 8.39. The van der Waals surface area contributed by atoms with Crippen molar-refractivity contribution in [3.8, 4) is 0 Å². The summed E-state index contributed by atoms with van der Waals surface area (Å²) in [6, 6.07) is 7.81. The van der Waals surface area contributed by atoms with Gasteiger partial charge in [-0.05, 0) is 51.3 Å². The quantitative estimate of drug-likeness (QED) is 0.787. The first-order chi connectivity index (χ1) is 12.1. The number of aryl methyl sites for hydroxylation is 1. The fourth-order valence-corrected chi connectivity index (χ4v) is 3.61. The van der Waals surface area contributed by atoms with Crippen LogP contribution in [0, 0.1) is 12.8 Å². The molecule has 1 saturated heterocycles. The number of carbonyl (C=O) groups is 1. The van der Waals surface area contributed by atoms with Crippen molar-refractivity contribution in [2.45, 2.75) is 39.7 Å². The van der Waals surface area contributed by atoms with Gasteiger partial charge >= 0.3 is 6.03 Å². The van der Waals surface area contributed by atoms with Gasteiger partial charge in [0.2, 0.25) is 0 Å². The molecule has 0 bridgehead atoms. The summed E-state index contributed by atoms with van der Waals surface area (Å²) in [5.41, 5.74) is 1.96. The van der Waals surface area contributed by atoms with Crippen LogP contribution in [0.25, 0.3) is 11.0 Å². The highest BCUT2D eigenvalue weighted by atomic mass is 16.3. The number of hydrogen-bond donors (Lipinski definition) is 2. The predicted molar refractivity (Wildman–Crippen MR) is 101 cm³/mol. The van der Waals surface area contributed by atoms with Crippen LogP contribution in [0.4, 0.5) is 4.79 Å². The number of urea groups is 1. The van der Waals surface area contributed by atoms with Crippen LogP contribution in [-0.2, 0) is 6.54 Å². The van der Waals surface area contributed by atoms with E-state index in [-0.39, 0.29) is 6.03 Å². The molecule has 1 unspecified atom stereocenters. The molecule has 1 fully saturated rings. The molecule has 2 aromatic rings. The first kappa shape index (κ1) is 17.8. The van der Waals surface area contributed by atoms with Crippen molar-refractivity contribution in [2.75, 3.05) is 26.2 Å². The van der Waals surface area contributed by atoms with Gasteiger partial charge in [0.05, 0.1) is 6.54 Å². The molecular formula is C20H29N3O2. The fourth-order valence-electron chi connectivity index (χ4n) is 3.61. The molecular weight excluding hydrogens is 314 g/mol. The fraction of sp³-hybridized carbons (Fsp3) is 0.550. The highest BCUT2D eigenvalue weighted by Crippen LogP contribution is 2.24. The van der Waals surface area contributed by atoms with Gasteiger partial charge in [-0.25, -0.2) is 4.79 Å². The maximum absolute atomic E-state index is 12.0. The van der Waals surface area contributed by atoms with E-state index in [9.17, 15) is 4.79 Å². The van der Waals surface area contributed by atoms with Crippen molar-refractivity contribution in [1.82, 2.24) is 15.5 Å². The molecule has 5 nitrogen and oxygen atoms in total. The van der Waals surface area contributed by atoms with Crippen LogP contribution in [0.2, 0.25) is 0 Å². The van der Waals surface area contributed by atoms with Gasteiger partial charge in [0.15, 0.2) is 0 Å². The van der Waals surface area contributed by atoms with E-state index >= 15 is 0 Å². The predicted octanol–water partition coefficient (Wildman–Crippen LogP) is 3.66. The number of fused-ring (bicyclic) bond motifs is 1. The van der Waals surface area contributed by atoms with Crippen molar-refractivity contribution in [3.05, 3.63) is 35.6 Å². The zero-order valence-electron chi connectivity index (χ0n) is 15.3. The van der Waals surface area contributed by atoms with Crippen molar-refractivity contribution < 1.29 is 9.21 Å². The lowest BCUT2D eigenvalue weighted by Crippen LogP contribution is -2.39. The number of nitrogens with one attached hydrogen (secondary N) is 2. The zero-order valence-corrected chi connectivity index (χ0v) is 15.3. The van der Waals surface area contributed by atoms with Crippen LogP contribution in [0.1, 0.15) is 37.5 Å². The number of para-hydroxylation sites is 1. The van der Waals surface area contributed by atoms with Gasteiger partial charge in [-0.15, -0.1) is 0 Å². The SMILES string of the molecule is Cc1c(CNC(=O)NCCCN2CCCC(C)C2)oc2ccccc12. The van der Waals surface area contributed by atoms with Crippen LogP contribution in [0.5, 0.6) is 0 Å². The molecule has 0 saturated carbocycles. The van der Waals surface area contributed by atoms with E-state index in [1.54, 1.807) is 0 Å². The van der Waals surface area contributed by atoms with Gasteiger partial charge in [-0.2, -0.15) is 0 Å². The Labute approximate surface area is 149 Å². The summed E-state index contributed by atoms with van der Waals surface area (Å²) < 4.78 is 5.82. The van der Waals surface area contributed by atoms with Gasteiger partial charge in [0, 0.05) is 24.0 Å². The molecule has 0 radical (unpaired) electrons. The molecule has 5 heteroatoms. The third kappa shape index (κ3) is 4.75. The van der Waals surface area contributed by atoms with E-state index in [0.717, 1.165) is 41.2 Å². The van der Waals surface area contributed by atoms with Gasteiger partial charge < -0.3 is 20.0 Å².